The number of anilines is 1. The van der Waals surface area contributed by atoms with Crippen molar-refractivity contribution in [2.75, 3.05) is 4.90 Å². The van der Waals surface area contributed by atoms with Crippen molar-refractivity contribution in [1.82, 2.24) is 15.1 Å². The average molecular weight is 457 g/mol. The molecule has 4 aromatic rings. The van der Waals surface area contributed by atoms with Gasteiger partial charge in [-0.05, 0) is 48.6 Å². The van der Waals surface area contributed by atoms with Crippen LogP contribution in [0, 0.1) is 6.92 Å². The highest BCUT2D eigenvalue weighted by atomic mass is 32.1. The van der Waals surface area contributed by atoms with Gasteiger partial charge in [0.1, 0.15) is 16.9 Å². The molecule has 6 nitrogen and oxygen atoms in total. The van der Waals surface area contributed by atoms with Gasteiger partial charge in [0.05, 0.1) is 11.4 Å². The van der Waals surface area contributed by atoms with Crippen LogP contribution < -0.4 is 10.2 Å². The van der Waals surface area contributed by atoms with Crippen molar-refractivity contribution in [3.05, 3.63) is 95.0 Å². The number of nitrogens with zero attached hydrogens (tertiary/aromatic N) is 3. The minimum atomic E-state index is -1.15. The Labute approximate surface area is 196 Å². The van der Waals surface area contributed by atoms with E-state index in [-0.39, 0.29) is 18.4 Å². The summed E-state index contributed by atoms with van der Waals surface area (Å²) in [7, 11) is 0. The summed E-state index contributed by atoms with van der Waals surface area (Å²) >= 11 is 1.57. The highest BCUT2D eigenvalue weighted by molar-refractivity contribution is 7.13. The van der Waals surface area contributed by atoms with Crippen molar-refractivity contribution >= 4 is 28.8 Å². The highest BCUT2D eigenvalue weighted by Gasteiger charge is 2.49. The Bertz CT molecular complexity index is 1310. The summed E-state index contributed by atoms with van der Waals surface area (Å²) in [6.07, 6.45) is 0. The van der Waals surface area contributed by atoms with Gasteiger partial charge in [-0.1, -0.05) is 54.6 Å². The van der Waals surface area contributed by atoms with Gasteiger partial charge in [0.15, 0.2) is 0 Å². The molecule has 1 aliphatic heterocycles. The number of fused-ring (bicyclic) bond motifs is 1. The number of thiophene rings is 1. The maximum Gasteiger partial charge on any atom is 0.277 e. The number of rotatable bonds is 5. The van der Waals surface area contributed by atoms with E-state index in [0.29, 0.717) is 12.2 Å². The van der Waals surface area contributed by atoms with Crippen molar-refractivity contribution in [3.8, 4) is 10.6 Å². The number of carbonyl (C=O) groups excluding carboxylic acids is 2. The molecule has 2 aromatic carbocycles. The van der Waals surface area contributed by atoms with Crippen molar-refractivity contribution in [2.24, 2.45) is 0 Å². The molecule has 0 saturated carbocycles. The normalized spacial score (nSPS) is 17.6. The van der Waals surface area contributed by atoms with Crippen LogP contribution in [0.25, 0.3) is 10.6 Å². The van der Waals surface area contributed by atoms with Crippen LogP contribution in [0.2, 0.25) is 0 Å². The molecule has 0 aliphatic carbocycles. The second-order valence-electron chi connectivity index (χ2n) is 8.42. The summed E-state index contributed by atoms with van der Waals surface area (Å²) in [5, 5.41) is 9.71. The maximum absolute atomic E-state index is 13.8. The van der Waals surface area contributed by atoms with E-state index >= 15 is 0 Å². The van der Waals surface area contributed by atoms with E-state index in [1.54, 1.807) is 20.9 Å². The van der Waals surface area contributed by atoms with Crippen LogP contribution in [0.3, 0.4) is 0 Å². The Balaban J connectivity index is 1.56. The number of hydrogen-bond donors (Lipinski definition) is 1. The third-order valence-electron chi connectivity index (χ3n) is 6.07. The Hall–Kier alpha value is -3.71. The molecule has 2 aromatic heterocycles. The molecule has 1 N–H and O–H groups in total. The van der Waals surface area contributed by atoms with E-state index in [9.17, 15) is 9.59 Å². The topological polar surface area (TPSA) is 67.2 Å². The third-order valence-corrected chi connectivity index (χ3v) is 6.96. The molecule has 0 bridgehead atoms. The van der Waals surface area contributed by atoms with Crippen molar-refractivity contribution in [1.29, 1.82) is 0 Å². The summed E-state index contributed by atoms with van der Waals surface area (Å²) in [6, 6.07) is 23.2. The molecule has 7 heteroatoms. The highest BCUT2D eigenvalue weighted by Crippen LogP contribution is 2.36. The standard InChI is InChI=1S/C26H24N4O2S/c1-18-9-6-7-12-21(18)30-24(31)22-15-20(23-13-8-14-33-23)28-29(22)17-26(30,2)25(32)27-16-19-10-4-3-5-11-19/h3-15H,16-17H2,1-2H3,(H,27,32). The first-order valence-electron chi connectivity index (χ1n) is 10.8. The SMILES string of the molecule is Cc1ccccc1N1C(=O)c2cc(-c3cccs3)nn2CC1(C)C(=O)NCc1ccccc1. The first-order valence-corrected chi connectivity index (χ1v) is 11.7. The van der Waals surface area contributed by atoms with Gasteiger partial charge in [-0.25, -0.2) is 0 Å². The minimum absolute atomic E-state index is 0.221. The quantitative estimate of drug-likeness (QED) is 0.475. The minimum Gasteiger partial charge on any atom is -0.350 e. The third kappa shape index (κ3) is 3.74. The molecular weight excluding hydrogens is 432 g/mol. The second-order valence-corrected chi connectivity index (χ2v) is 9.37. The predicted molar refractivity (Wildman–Crippen MR) is 130 cm³/mol. The number of amides is 2. The van der Waals surface area contributed by atoms with Gasteiger partial charge >= 0.3 is 0 Å². The Morgan fingerprint density at radius 3 is 2.58 bits per heavy atom. The van der Waals surface area contributed by atoms with E-state index in [4.69, 9.17) is 0 Å². The summed E-state index contributed by atoms with van der Waals surface area (Å²) in [5.74, 6) is -0.454. The van der Waals surface area contributed by atoms with Crippen LogP contribution in [-0.4, -0.2) is 27.1 Å². The number of benzene rings is 2. The molecule has 0 saturated heterocycles. The molecule has 1 atom stereocenters. The Morgan fingerprint density at radius 2 is 1.85 bits per heavy atom. The number of aryl methyl sites for hydroxylation is 1. The summed E-state index contributed by atoms with van der Waals surface area (Å²) in [6.45, 7) is 4.41. The smallest absolute Gasteiger partial charge is 0.277 e. The first-order chi connectivity index (χ1) is 16.0. The van der Waals surface area contributed by atoms with Crippen molar-refractivity contribution < 1.29 is 9.59 Å². The van der Waals surface area contributed by atoms with Crippen LogP contribution >= 0.6 is 11.3 Å². The van der Waals surface area contributed by atoms with E-state index in [2.05, 4.69) is 10.4 Å². The predicted octanol–water partition coefficient (Wildman–Crippen LogP) is 4.66. The number of carbonyl (C=O) groups is 2. The second kappa shape index (κ2) is 8.33. The average Bonchev–Trinajstić information content (AvgIpc) is 3.49. The zero-order chi connectivity index (χ0) is 23.0. The van der Waals surface area contributed by atoms with E-state index in [0.717, 1.165) is 27.4 Å². The zero-order valence-electron chi connectivity index (χ0n) is 18.5. The summed E-state index contributed by atoms with van der Waals surface area (Å²) < 4.78 is 1.67. The van der Waals surface area contributed by atoms with Crippen LogP contribution in [0.1, 0.15) is 28.5 Å². The molecule has 166 valence electrons. The van der Waals surface area contributed by atoms with Crippen LogP contribution in [0.5, 0.6) is 0 Å². The Kier molecular flexibility index (Phi) is 5.34. The first kappa shape index (κ1) is 21.2. The lowest BCUT2D eigenvalue weighted by Gasteiger charge is -2.43. The molecule has 3 heterocycles. The zero-order valence-corrected chi connectivity index (χ0v) is 19.3. The van der Waals surface area contributed by atoms with Crippen molar-refractivity contribution in [3.63, 3.8) is 0 Å². The number of para-hydroxylation sites is 1. The van der Waals surface area contributed by atoms with Crippen LogP contribution in [-0.2, 0) is 17.9 Å². The van der Waals surface area contributed by atoms with Gasteiger partial charge in [-0.15, -0.1) is 11.3 Å². The van der Waals surface area contributed by atoms with Gasteiger partial charge in [0.25, 0.3) is 5.91 Å². The molecule has 0 spiro atoms. The molecule has 0 radical (unpaired) electrons. The number of hydrogen-bond acceptors (Lipinski definition) is 4. The summed E-state index contributed by atoms with van der Waals surface area (Å²) in [4.78, 5) is 30.1. The number of aromatic nitrogens is 2. The van der Waals surface area contributed by atoms with Gasteiger partial charge in [0.2, 0.25) is 5.91 Å². The lowest BCUT2D eigenvalue weighted by molar-refractivity contribution is -0.126. The molecule has 1 aliphatic rings. The lowest BCUT2D eigenvalue weighted by atomic mass is 9.93. The van der Waals surface area contributed by atoms with Gasteiger partial charge in [-0.2, -0.15) is 5.10 Å². The Morgan fingerprint density at radius 1 is 1.09 bits per heavy atom. The van der Waals surface area contributed by atoms with Crippen LogP contribution in [0.4, 0.5) is 5.69 Å². The monoisotopic (exact) mass is 456 g/mol. The fraction of sp³-hybridized carbons (Fsp3) is 0.192. The number of nitrogens with one attached hydrogen (secondary N) is 1. The van der Waals surface area contributed by atoms with Crippen molar-refractivity contribution in [2.45, 2.75) is 32.5 Å². The fourth-order valence-corrected chi connectivity index (χ4v) is 4.97. The largest absolute Gasteiger partial charge is 0.350 e. The van der Waals surface area contributed by atoms with Gasteiger partial charge in [0, 0.05) is 12.2 Å². The fourth-order valence-electron chi connectivity index (χ4n) is 4.29. The lowest BCUT2D eigenvalue weighted by Crippen LogP contribution is -2.64. The van der Waals surface area contributed by atoms with Crippen LogP contribution in [0.15, 0.2) is 78.2 Å². The molecule has 5 rings (SSSR count). The van der Waals surface area contributed by atoms with E-state index in [1.807, 2.05) is 92.0 Å². The molecule has 2 amide bonds. The van der Waals surface area contributed by atoms with E-state index < -0.39 is 5.54 Å². The molecule has 33 heavy (non-hydrogen) atoms. The molecular formula is C26H24N4O2S. The van der Waals surface area contributed by atoms with E-state index in [1.165, 1.54) is 0 Å². The van der Waals surface area contributed by atoms with Gasteiger partial charge in [-0.3, -0.25) is 19.2 Å². The van der Waals surface area contributed by atoms with Gasteiger partial charge < -0.3 is 5.32 Å². The molecule has 0 fully saturated rings. The maximum atomic E-state index is 13.8. The summed E-state index contributed by atoms with van der Waals surface area (Å²) in [5.41, 5.74) is 2.73. The molecule has 1 unspecified atom stereocenters.